The Labute approximate surface area is 123 Å². The number of carbonyl (C=O) groups excluding carboxylic acids is 2. The van der Waals surface area contributed by atoms with Gasteiger partial charge in [-0.1, -0.05) is 12.1 Å². The lowest BCUT2D eigenvalue weighted by molar-refractivity contribution is -0.115. The fourth-order valence-corrected chi connectivity index (χ4v) is 1.86. The number of anilines is 1. The molecule has 1 N–H and O–H groups in total. The van der Waals surface area contributed by atoms with Crippen LogP contribution in [0.4, 0.5) is 5.69 Å². The lowest BCUT2D eigenvalue weighted by atomic mass is 10.1. The number of nitrogens with one attached hydrogen (secondary N) is 1. The van der Waals surface area contributed by atoms with E-state index in [1.165, 1.54) is 0 Å². The Hall–Kier alpha value is -2.69. The Morgan fingerprint density at radius 3 is 2.57 bits per heavy atom. The fourth-order valence-electron chi connectivity index (χ4n) is 1.86. The minimum Gasteiger partial charge on any atom is -0.462 e. The third kappa shape index (κ3) is 4.14. The summed E-state index contributed by atoms with van der Waals surface area (Å²) in [6, 6.07) is 10.3. The molecule has 2 aromatic rings. The molecule has 0 unspecified atom stereocenters. The van der Waals surface area contributed by atoms with Gasteiger partial charge in [-0.25, -0.2) is 4.79 Å². The Kier molecular flexibility index (Phi) is 5.04. The van der Waals surface area contributed by atoms with E-state index in [1.807, 2.05) is 0 Å². The number of amides is 1. The first-order chi connectivity index (χ1) is 10.2. The molecule has 1 aromatic carbocycles. The molecule has 0 atom stereocenters. The van der Waals surface area contributed by atoms with Crippen molar-refractivity contribution >= 4 is 17.6 Å². The molecule has 0 spiro atoms. The Balaban J connectivity index is 2.09. The van der Waals surface area contributed by atoms with Crippen molar-refractivity contribution in [2.45, 2.75) is 13.3 Å². The molecule has 5 nitrogen and oxygen atoms in total. The van der Waals surface area contributed by atoms with E-state index in [9.17, 15) is 9.59 Å². The largest absolute Gasteiger partial charge is 0.462 e. The molecule has 108 valence electrons. The molecule has 1 aromatic heterocycles. The standard InChI is InChI=1S/C16H16N2O3/c1-2-21-16(20)13-5-3-4-6-14(13)18-15(19)11-12-7-9-17-10-8-12/h3-10H,2,11H2,1H3,(H,18,19). The van der Waals surface area contributed by atoms with Crippen molar-refractivity contribution in [1.29, 1.82) is 0 Å². The molecule has 5 heteroatoms. The highest BCUT2D eigenvalue weighted by Crippen LogP contribution is 2.16. The molecule has 0 fully saturated rings. The first-order valence-corrected chi connectivity index (χ1v) is 6.65. The van der Waals surface area contributed by atoms with Crippen molar-refractivity contribution in [3.05, 3.63) is 59.9 Å². The van der Waals surface area contributed by atoms with Gasteiger partial charge in [0.2, 0.25) is 5.91 Å². The van der Waals surface area contributed by atoms with E-state index in [-0.39, 0.29) is 18.9 Å². The zero-order valence-corrected chi connectivity index (χ0v) is 11.7. The zero-order valence-electron chi connectivity index (χ0n) is 11.7. The summed E-state index contributed by atoms with van der Waals surface area (Å²) in [4.78, 5) is 27.8. The maximum Gasteiger partial charge on any atom is 0.340 e. The molecule has 0 aliphatic heterocycles. The average Bonchev–Trinajstić information content (AvgIpc) is 2.49. The number of nitrogens with zero attached hydrogens (tertiary/aromatic N) is 1. The molecule has 2 rings (SSSR count). The van der Waals surface area contributed by atoms with Gasteiger partial charge in [0.15, 0.2) is 0 Å². The fraction of sp³-hybridized carbons (Fsp3) is 0.188. The maximum absolute atomic E-state index is 12.0. The monoisotopic (exact) mass is 284 g/mol. The van der Waals surface area contributed by atoms with Gasteiger partial charge in [0.05, 0.1) is 24.3 Å². The zero-order chi connectivity index (χ0) is 15.1. The molecule has 0 aliphatic carbocycles. The Morgan fingerprint density at radius 1 is 1.14 bits per heavy atom. The van der Waals surface area contributed by atoms with Crippen LogP contribution in [0.25, 0.3) is 0 Å². The topological polar surface area (TPSA) is 68.3 Å². The first-order valence-electron chi connectivity index (χ1n) is 6.65. The molecular weight excluding hydrogens is 268 g/mol. The van der Waals surface area contributed by atoms with E-state index in [0.29, 0.717) is 11.3 Å². The number of pyridine rings is 1. The second-order valence-corrected chi connectivity index (χ2v) is 4.35. The van der Waals surface area contributed by atoms with Crippen LogP contribution in [0.5, 0.6) is 0 Å². The lowest BCUT2D eigenvalue weighted by Gasteiger charge is -2.10. The second kappa shape index (κ2) is 7.19. The van der Waals surface area contributed by atoms with Gasteiger partial charge in [-0.3, -0.25) is 9.78 Å². The van der Waals surface area contributed by atoms with Gasteiger partial charge < -0.3 is 10.1 Å². The average molecular weight is 284 g/mol. The van der Waals surface area contributed by atoms with Crippen molar-refractivity contribution in [3.8, 4) is 0 Å². The van der Waals surface area contributed by atoms with Crippen LogP contribution in [0.2, 0.25) is 0 Å². The predicted molar refractivity (Wildman–Crippen MR) is 79.0 cm³/mol. The summed E-state index contributed by atoms with van der Waals surface area (Å²) in [6.45, 7) is 2.03. The number of carbonyl (C=O) groups is 2. The quantitative estimate of drug-likeness (QED) is 0.856. The van der Waals surface area contributed by atoms with Crippen molar-refractivity contribution < 1.29 is 14.3 Å². The molecule has 21 heavy (non-hydrogen) atoms. The molecular formula is C16H16N2O3. The van der Waals surface area contributed by atoms with Crippen LogP contribution in [0.15, 0.2) is 48.8 Å². The highest BCUT2D eigenvalue weighted by Gasteiger charge is 2.13. The van der Waals surface area contributed by atoms with Gasteiger partial charge in [-0.15, -0.1) is 0 Å². The van der Waals surface area contributed by atoms with Crippen LogP contribution in [0.3, 0.4) is 0 Å². The van der Waals surface area contributed by atoms with Crippen molar-refractivity contribution in [2.75, 3.05) is 11.9 Å². The minimum atomic E-state index is -0.447. The second-order valence-electron chi connectivity index (χ2n) is 4.35. The van der Waals surface area contributed by atoms with Crippen molar-refractivity contribution in [2.24, 2.45) is 0 Å². The molecule has 0 saturated heterocycles. The number of rotatable bonds is 5. The Morgan fingerprint density at radius 2 is 1.86 bits per heavy atom. The van der Waals surface area contributed by atoms with E-state index in [2.05, 4.69) is 10.3 Å². The number of aromatic nitrogens is 1. The van der Waals surface area contributed by atoms with E-state index >= 15 is 0 Å². The normalized spacial score (nSPS) is 9.95. The van der Waals surface area contributed by atoms with Gasteiger partial charge in [0, 0.05) is 12.4 Å². The summed E-state index contributed by atoms with van der Waals surface area (Å²) < 4.78 is 4.97. The number of hydrogen-bond acceptors (Lipinski definition) is 4. The smallest absolute Gasteiger partial charge is 0.340 e. The number of benzene rings is 1. The maximum atomic E-state index is 12.0. The Bertz CT molecular complexity index is 626. The SMILES string of the molecule is CCOC(=O)c1ccccc1NC(=O)Cc1ccncc1. The molecule has 0 saturated carbocycles. The highest BCUT2D eigenvalue weighted by atomic mass is 16.5. The van der Waals surface area contributed by atoms with Crippen LogP contribution in [-0.4, -0.2) is 23.5 Å². The molecule has 0 bridgehead atoms. The molecule has 0 radical (unpaired) electrons. The van der Waals surface area contributed by atoms with E-state index < -0.39 is 5.97 Å². The molecule has 1 amide bonds. The van der Waals surface area contributed by atoms with Crippen molar-refractivity contribution in [3.63, 3.8) is 0 Å². The van der Waals surface area contributed by atoms with Crippen LogP contribution < -0.4 is 5.32 Å². The van der Waals surface area contributed by atoms with Gasteiger partial charge >= 0.3 is 5.97 Å². The predicted octanol–water partition coefficient (Wildman–Crippen LogP) is 2.44. The lowest BCUT2D eigenvalue weighted by Crippen LogP contribution is -2.17. The summed E-state index contributed by atoms with van der Waals surface area (Å²) >= 11 is 0. The third-order valence-electron chi connectivity index (χ3n) is 2.81. The van der Waals surface area contributed by atoms with Crippen LogP contribution in [-0.2, 0) is 16.0 Å². The van der Waals surface area contributed by atoms with Crippen LogP contribution in [0.1, 0.15) is 22.8 Å². The minimum absolute atomic E-state index is 0.196. The summed E-state index contributed by atoms with van der Waals surface area (Å²) in [5.41, 5.74) is 1.66. The summed E-state index contributed by atoms with van der Waals surface area (Å²) in [7, 11) is 0. The number of ether oxygens (including phenoxy) is 1. The van der Waals surface area contributed by atoms with E-state index in [0.717, 1.165) is 5.56 Å². The van der Waals surface area contributed by atoms with Crippen LogP contribution >= 0.6 is 0 Å². The summed E-state index contributed by atoms with van der Waals surface area (Å²) in [5.74, 6) is -0.643. The number of esters is 1. The number of para-hydroxylation sites is 1. The van der Waals surface area contributed by atoms with Crippen molar-refractivity contribution in [1.82, 2.24) is 4.98 Å². The molecule has 1 heterocycles. The number of hydrogen-bond donors (Lipinski definition) is 1. The summed E-state index contributed by atoms with van der Waals surface area (Å²) in [6.07, 6.45) is 3.49. The van der Waals surface area contributed by atoms with E-state index in [4.69, 9.17) is 4.74 Å². The van der Waals surface area contributed by atoms with Gasteiger partial charge in [0.25, 0.3) is 0 Å². The first kappa shape index (κ1) is 14.7. The summed E-state index contributed by atoms with van der Waals surface area (Å²) in [5, 5.41) is 2.74. The van der Waals surface area contributed by atoms with Crippen LogP contribution in [0, 0.1) is 0 Å². The van der Waals surface area contributed by atoms with Gasteiger partial charge in [0.1, 0.15) is 0 Å². The van der Waals surface area contributed by atoms with E-state index in [1.54, 1.807) is 55.7 Å². The van der Waals surface area contributed by atoms with Gasteiger partial charge in [-0.2, -0.15) is 0 Å². The highest BCUT2D eigenvalue weighted by molar-refractivity contribution is 6.01. The molecule has 0 aliphatic rings. The third-order valence-corrected chi connectivity index (χ3v) is 2.81. The van der Waals surface area contributed by atoms with Gasteiger partial charge in [-0.05, 0) is 36.8 Å².